The summed E-state index contributed by atoms with van der Waals surface area (Å²) in [5.74, 6) is -0.464. The fourth-order valence-electron chi connectivity index (χ4n) is 1.33. The molecule has 88 valence electrons. The highest BCUT2D eigenvalue weighted by molar-refractivity contribution is 6.43. The summed E-state index contributed by atoms with van der Waals surface area (Å²) in [6.07, 6.45) is 0. The first-order valence-corrected chi connectivity index (χ1v) is 5.87. The van der Waals surface area contributed by atoms with E-state index in [1.54, 1.807) is 24.3 Å². The minimum atomic E-state index is -0.464. The van der Waals surface area contributed by atoms with Gasteiger partial charge in [0.15, 0.2) is 0 Å². The molecule has 5 heteroatoms. The van der Waals surface area contributed by atoms with Crippen LogP contribution in [0, 0.1) is 5.82 Å². The molecule has 0 aliphatic carbocycles. The molecular formula is C12H7Cl3FN. The van der Waals surface area contributed by atoms with Crippen LogP contribution in [0.3, 0.4) is 0 Å². The van der Waals surface area contributed by atoms with Gasteiger partial charge in [0.05, 0.1) is 20.8 Å². The quantitative estimate of drug-likeness (QED) is 0.767. The number of benzene rings is 2. The largest absolute Gasteiger partial charge is 0.354 e. The Kier molecular flexibility index (Phi) is 3.77. The zero-order chi connectivity index (χ0) is 12.4. The van der Waals surface area contributed by atoms with Gasteiger partial charge in [-0.3, -0.25) is 0 Å². The van der Waals surface area contributed by atoms with E-state index < -0.39 is 5.82 Å². The lowest BCUT2D eigenvalue weighted by Crippen LogP contribution is -1.92. The first-order valence-electron chi connectivity index (χ1n) is 4.74. The third-order valence-electron chi connectivity index (χ3n) is 2.15. The molecule has 0 unspecified atom stereocenters. The van der Waals surface area contributed by atoms with Crippen molar-refractivity contribution >= 4 is 46.2 Å². The van der Waals surface area contributed by atoms with Crippen LogP contribution in [0.25, 0.3) is 0 Å². The van der Waals surface area contributed by atoms with E-state index in [2.05, 4.69) is 5.32 Å². The van der Waals surface area contributed by atoms with Gasteiger partial charge in [-0.1, -0.05) is 40.9 Å². The second-order valence-corrected chi connectivity index (χ2v) is 4.55. The highest BCUT2D eigenvalue weighted by Crippen LogP contribution is 2.32. The zero-order valence-corrected chi connectivity index (χ0v) is 10.7. The van der Waals surface area contributed by atoms with Crippen LogP contribution in [0.1, 0.15) is 0 Å². The Bertz CT molecular complexity index is 557. The topological polar surface area (TPSA) is 12.0 Å². The van der Waals surface area contributed by atoms with E-state index in [0.717, 1.165) is 0 Å². The number of rotatable bonds is 2. The first kappa shape index (κ1) is 12.5. The second kappa shape index (κ2) is 5.13. The van der Waals surface area contributed by atoms with Crippen LogP contribution in [0.5, 0.6) is 0 Å². The van der Waals surface area contributed by atoms with E-state index in [1.165, 1.54) is 12.1 Å². The molecular weight excluding hydrogens is 283 g/mol. The fraction of sp³-hybridized carbons (Fsp3) is 0. The summed E-state index contributed by atoms with van der Waals surface area (Å²) >= 11 is 17.6. The molecule has 2 aromatic rings. The Balaban J connectivity index is 2.31. The van der Waals surface area contributed by atoms with Gasteiger partial charge in [-0.05, 0) is 30.3 Å². The van der Waals surface area contributed by atoms with Crippen LogP contribution in [-0.2, 0) is 0 Å². The lowest BCUT2D eigenvalue weighted by molar-refractivity contribution is 0.628. The van der Waals surface area contributed by atoms with Crippen molar-refractivity contribution in [3.8, 4) is 0 Å². The summed E-state index contributed by atoms with van der Waals surface area (Å²) in [5.41, 5.74) is 1.28. The van der Waals surface area contributed by atoms with E-state index >= 15 is 0 Å². The first-order chi connectivity index (χ1) is 8.08. The van der Waals surface area contributed by atoms with Crippen molar-refractivity contribution in [3.05, 3.63) is 57.3 Å². The second-order valence-electron chi connectivity index (χ2n) is 3.36. The maximum Gasteiger partial charge on any atom is 0.141 e. The standard InChI is InChI=1S/C12H7Cl3FN/c13-8-2-1-3-11(12(8)15)17-7-4-5-10(16)9(14)6-7/h1-6,17H. The van der Waals surface area contributed by atoms with Gasteiger partial charge >= 0.3 is 0 Å². The summed E-state index contributed by atoms with van der Waals surface area (Å²) in [7, 11) is 0. The molecule has 0 saturated carbocycles. The van der Waals surface area contributed by atoms with Gasteiger partial charge in [0, 0.05) is 5.69 Å². The van der Waals surface area contributed by atoms with Crippen molar-refractivity contribution < 1.29 is 4.39 Å². The molecule has 0 aliphatic rings. The third kappa shape index (κ3) is 2.83. The van der Waals surface area contributed by atoms with Crippen molar-refractivity contribution in [1.82, 2.24) is 0 Å². The molecule has 0 saturated heterocycles. The number of halogens is 4. The van der Waals surface area contributed by atoms with Crippen LogP contribution in [-0.4, -0.2) is 0 Å². The number of hydrogen-bond acceptors (Lipinski definition) is 1. The van der Waals surface area contributed by atoms with Crippen LogP contribution in [0.4, 0.5) is 15.8 Å². The molecule has 0 aliphatic heterocycles. The Morgan fingerprint density at radius 3 is 2.41 bits per heavy atom. The Morgan fingerprint density at radius 1 is 0.941 bits per heavy atom. The van der Waals surface area contributed by atoms with Crippen molar-refractivity contribution in [2.24, 2.45) is 0 Å². The Hall–Kier alpha value is -0.960. The monoisotopic (exact) mass is 289 g/mol. The Labute approximate surface area is 113 Å². The van der Waals surface area contributed by atoms with E-state index in [9.17, 15) is 4.39 Å². The van der Waals surface area contributed by atoms with Crippen molar-refractivity contribution in [2.75, 3.05) is 5.32 Å². The molecule has 0 heterocycles. The van der Waals surface area contributed by atoms with Gasteiger partial charge in [0.25, 0.3) is 0 Å². The van der Waals surface area contributed by atoms with E-state index in [-0.39, 0.29) is 5.02 Å². The smallest absolute Gasteiger partial charge is 0.141 e. The van der Waals surface area contributed by atoms with Crippen LogP contribution in [0.15, 0.2) is 36.4 Å². The average molecular weight is 291 g/mol. The van der Waals surface area contributed by atoms with Crippen LogP contribution < -0.4 is 5.32 Å². The molecule has 2 aromatic carbocycles. The van der Waals surface area contributed by atoms with Gasteiger partial charge in [-0.15, -0.1) is 0 Å². The zero-order valence-electron chi connectivity index (χ0n) is 8.48. The van der Waals surface area contributed by atoms with E-state index in [1.807, 2.05) is 0 Å². The predicted octanol–water partition coefficient (Wildman–Crippen LogP) is 5.53. The SMILES string of the molecule is Fc1ccc(Nc2cccc(Cl)c2Cl)cc1Cl. The number of anilines is 2. The fourth-order valence-corrected chi connectivity index (χ4v) is 1.86. The maximum absolute atomic E-state index is 13.0. The minimum absolute atomic E-state index is 0.0492. The number of nitrogens with one attached hydrogen (secondary N) is 1. The minimum Gasteiger partial charge on any atom is -0.354 e. The summed E-state index contributed by atoms with van der Waals surface area (Å²) in [6, 6.07) is 9.55. The van der Waals surface area contributed by atoms with Gasteiger partial charge < -0.3 is 5.32 Å². The lowest BCUT2D eigenvalue weighted by atomic mass is 10.2. The van der Waals surface area contributed by atoms with Crippen LogP contribution >= 0.6 is 34.8 Å². The maximum atomic E-state index is 13.0. The van der Waals surface area contributed by atoms with Crippen molar-refractivity contribution in [1.29, 1.82) is 0 Å². The van der Waals surface area contributed by atoms with E-state index in [4.69, 9.17) is 34.8 Å². The number of hydrogen-bond donors (Lipinski definition) is 1. The summed E-state index contributed by atoms with van der Waals surface area (Å²) < 4.78 is 13.0. The third-order valence-corrected chi connectivity index (χ3v) is 3.26. The molecule has 0 bridgehead atoms. The molecule has 0 aromatic heterocycles. The predicted molar refractivity (Wildman–Crippen MR) is 71.2 cm³/mol. The lowest BCUT2D eigenvalue weighted by Gasteiger charge is -2.09. The van der Waals surface area contributed by atoms with Gasteiger partial charge in [0.2, 0.25) is 0 Å². The van der Waals surface area contributed by atoms with E-state index in [0.29, 0.717) is 21.4 Å². The molecule has 1 nitrogen and oxygen atoms in total. The van der Waals surface area contributed by atoms with Crippen LogP contribution in [0.2, 0.25) is 15.1 Å². The summed E-state index contributed by atoms with van der Waals surface area (Å²) in [5, 5.41) is 3.92. The molecule has 0 fully saturated rings. The highest BCUT2D eigenvalue weighted by atomic mass is 35.5. The van der Waals surface area contributed by atoms with Gasteiger partial charge in [-0.2, -0.15) is 0 Å². The molecule has 1 N–H and O–H groups in total. The molecule has 2 rings (SSSR count). The normalized spacial score (nSPS) is 10.4. The van der Waals surface area contributed by atoms with Gasteiger partial charge in [0.1, 0.15) is 5.82 Å². The average Bonchev–Trinajstić information content (AvgIpc) is 2.30. The summed E-state index contributed by atoms with van der Waals surface area (Å²) in [4.78, 5) is 0. The molecule has 0 spiro atoms. The van der Waals surface area contributed by atoms with Gasteiger partial charge in [-0.25, -0.2) is 4.39 Å². The van der Waals surface area contributed by atoms with Crippen molar-refractivity contribution in [3.63, 3.8) is 0 Å². The Morgan fingerprint density at radius 2 is 1.71 bits per heavy atom. The summed E-state index contributed by atoms with van der Waals surface area (Å²) in [6.45, 7) is 0. The van der Waals surface area contributed by atoms with Crippen molar-refractivity contribution in [2.45, 2.75) is 0 Å². The highest BCUT2D eigenvalue weighted by Gasteiger charge is 2.06. The molecule has 0 radical (unpaired) electrons. The molecule has 0 amide bonds. The molecule has 17 heavy (non-hydrogen) atoms. The molecule has 0 atom stereocenters.